The number of hydrogen-bond acceptors (Lipinski definition) is 2. The molecule has 0 atom stereocenters. The van der Waals surface area contributed by atoms with Gasteiger partial charge < -0.3 is 4.90 Å². The van der Waals surface area contributed by atoms with E-state index in [2.05, 4.69) is 42.0 Å². The van der Waals surface area contributed by atoms with Gasteiger partial charge in [-0.15, -0.1) is 0 Å². The van der Waals surface area contributed by atoms with Crippen molar-refractivity contribution in [1.29, 1.82) is 0 Å². The fraction of sp³-hybridized carbons (Fsp3) is 0.625. The Morgan fingerprint density at radius 1 is 1.11 bits per heavy atom. The zero-order valence-electron chi connectivity index (χ0n) is 11.7. The number of hydrogen-bond donors (Lipinski definition) is 0. The summed E-state index contributed by atoms with van der Waals surface area (Å²) in [7, 11) is 2.24. The third kappa shape index (κ3) is 2.32. The SMILES string of the molecule is Cc1cccc2c1CN(C1CCN(C)CC1)CC2. The van der Waals surface area contributed by atoms with E-state index in [4.69, 9.17) is 0 Å². The third-order valence-electron chi connectivity index (χ3n) is 4.74. The van der Waals surface area contributed by atoms with Crippen molar-refractivity contribution < 1.29 is 0 Å². The van der Waals surface area contributed by atoms with Crippen LogP contribution in [0.2, 0.25) is 0 Å². The molecule has 0 aliphatic carbocycles. The Bertz CT molecular complexity index is 419. The van der Waals surface area contributed by atoms with Gasteiger partial charge in [0.15, 0.2) is 0 Å². The summed E-state index contributed by atoms with van der Waals surface area (Å²) in [6, 6.07) is 7.60. The van der Waals surface area contributed by atoms with Gasteiger partial charge in [-0.2, -0.15) is 0 Å². The molecule has 1 aromatic carbocycles. The summed E-state index contributed by atoms with van der Waals surface area (Å²) in [6.45, 7) is 7.22. The lowest BCUT2D eigenvalue weighted by Crippen LogP contribution is -2.45. The molecule has 0 N–H and O–H groups in total. The second-order valence-electron chi connectivity index (χ2n) is 5.97. The highest BCUT2D eigenvalue weighted by molar-refractivity contribution is 5.36. The van der Waals surface area contributed by atoms with Crippen LogP contribution in [0.4, 0.5) is 0 Å². The van der Waals surface area contributed by atoms with Crippen LogP contribution in [0.15, 0.2) is 18.2 Å². The van der Waals surface area contributed by atoms with Crippen molar-refractivity contribution in [2.24, 2.45) is 0 Å². The first-order valence-electron chi connectivity index (χ1n) is 7.24. The molecule has 0 saturated carbocycles. The van der Waals surface area contributed by atoms with Crippen LogP contribution in [0.3, 0.4) is 0 Å². The highest BCUT2D eigenvalue weighted by Gasteiger charge is 2.26. The Balaban J connectivity index is 1.73. The average Bonchev–Trinajstić information content (AvgIpc) is 2.40. The Kier molecular flexibility index (Phi) is 3.40. The molecule has 0 radical (unpaired) electrons. The van der Waals surface area contributed by atoms with Gasteiger partial charge in [0.05, 0.1) is 0 Å². The number of benzene rings is 1. The highest BCUT2D eigenvalue weighted by Crippen LogP contribution is 2.26. The van der Waals surface area contributed by atoms with Crippen LogP contribution in [0, 0.1) is 6.92 Å². The zero-order valence-corrected chi connectivity index (χ0v) is 11.7. The van der Waals surface area contributed by atoms with E-state index < -0.39 is 0 Å². The molecule has 0 amide bonds. The summed E-state index contributed by atoms with van der Waals surface area (Å²) >= 11 is 0. The van der Waals surface area contributed by atoms with E-state index in [1.54, 1.807) is 11.1 Å². The van der Waals surface area contributed by atoms with Gasteiger partial charge in [0, 0.05) is 19.1 Å². The second kappa shape index (κ2) is 5.02. The minimum atomic E-state index is 0.814. The zero-order chi connectivity index (χ0) is 12.5. The maximum atomic E-state index is 2.72. The Hall–Kier alpha value is -0.860. The van der Waals surface area contributed by atoms with Crippen LogP contribution in [0.25, 0.3) is 0 Å². The molecule has 1 saturated heterocycles. The molecule has 18 heavy (non-hydrogen) atoms. The van der Waals surface area contributed by atoms with Gasteiger partial charge in [-0.25, -0.2) is 0 Å². The van der Waals surface area contributed by atoms with Gasteiger partial charge in [0.2, 0.25) is 0 Å². The smallest absolute Gasteiger partial charge is 0.0242 e. The molecular weight excluding hydrogens is 220 g/mol. The fourth-order valence-electron chi connectivity index (χ4n) is 3.44. The second-order valence-corrected chi connectivity index (χ2v) is 5.97. The molecule has 2 nitrogen and oxygen atoms in total. The third-order valence-corrected chi connectivity index (χ3v) is 4.74. The minimum absolute atomic E-state index is 0.814. The van der Waals surface area contributed by atoms with Gasteiger partial charge >= 0.3 is 0 Å². The normalized spacial score (nSPS) is 23.0. The molecule has 1 aromatic rings. The molecule has 0 bridgehead atoms. The van der Waals surface area contributed by atoms with E-state index >= 15 is 0 Å². The van der Waals surface area contributed by atoms with Gasteiger partial charge in [-0.05, 0) is 63.0 Å². The van der Waals surface area contributed by atoms with Gasteiger partial charge in [-0.1, -0.05) is 18.2 Å². The summed E-state index contributed by atoms with van der Waals surface area (Å²) < 4.78 is 0. The van der Waals surface area contributed by atoms with Gasteiger partial charge in [0.25, 0.3) is 0 Å². The van der Waals surface area contributed by atoms with Crippen LogP contribution in [0.1, 0.15) is 29.5 Å². The van der Waals surface area contributed by atoms with E-state index in [1.165, 1.54) is 51.0 Å². The average molecular weight is 244 g/mol. The Labute approximate surface area is 111 Å². The molecule has 2 heteroatoms. The van der Waals surface area contributed by atoms with Crippen LogP contribution in [-0.2, 0) is 13.0 Å². The van der Waals surface area contributed by atoms with Crippen molar-refractivity contribution in [1.82, 2.24) is 9.80 Å². The predicted molar refractivity (Wildman–Crippen MR) is 75.8 cm³/mol. The molecule has 0 unspecified atom stereocenters. The van der Waals surface area contributed by atoms with E-state index in [9.17, 15) is 0 Å². The van der Waals surface area contributed by atoms with Crippen molar-refractivity contribution in [3.05, 3.63) is 34.9 Å². The van der Waals surface area contributed by atoms with E-state index in [0.717, 1.165) is 6.04 Å². The van der Waals surface area contributed by atoms with Crippen LogP contribution >= 0.6 is 0 Å². The van der Waals surface area contributed by atoms with Crippen LogP contribution < -0.4 is 0 Å². The molecule has 0 aromatic heterocycles. The summed E-state index contributed by atoms with van der Waals surface area (Å²) in [6.07, 6.45) is 3.93. The minimum Gasteiger partial charge on any atom is -0.306 e. The molecule has 2 aliphatic rings. The van der Waals surface area contributed by atoms with Gasteiger partial charge in [-0.3, -0.25) is 4.90 Å². The standard InChI is InChI=1S/C16H24N2/c1-13-4-3-5-14-6-11-18(12-16(13)14)15-7-9-17(2)10-8-15/h3-5,15H,6-12H2,1-2H3. The lowest BCUT2D eigenvalue weighted by atomic mass is 9.93. The first kappa shape index (κ1) is 12.2. The quantitative estimate of drug-likeness (QED) is 0.749. The lowest BCUT2D eigenvalue weighted by molar-refractivity contribution is 0.109. The van der Waals surface area contributed by atoms with Crippen molar-refractivity contribution in [3.63, 3.8) is 0 Å². The molecular formula is C16H24N2. The van der Waals surface area contributed by atoms with Crippen molar-refractivity contribution in [2.45, 2.75) is 38.8 Å². The molecule has 2 aliphatic heterocycles. The number of rotatable bonds is 1. The number of fused-ring (bicyclic) bond motifs is 1. The van der Waals surface area contributed by atoms with Crippen molar-refractivity contribution in [2.75, 3.05) is 26.7 Å². The topological polar surface area (TPSA) is 6.48 Å². The largest absolute Gasteiger partial charge is 0.306 e. The molecule has 98 valence electrons. The first-order chi connectivity index (χ1) is 8.74. The molecule has 1 fully saturated rings. The Morgan fingerprint density at radius 3 is 2.67 bits per heavy atom. The monoisotopic (exact) mass is 244 g/mol. The number of likely N-dealkylation sites (tertiary alicyclic amines) is 1. The summed E-state index contributed by atoms with van der Waals surface area (Å²) in [5.41, 5.74) is 4.66. The van der Waals surface area contributed by atoms with Gasteiger partial charge in [0.1, 0.15) is 0 Å². The molecule has 2 heterocycles. The number of piperidine rings is 1. The lowest BCUT2D eigenvalue weighted by Gasteiger charge is -2.40. The highest BCUT2D eigenvalue weighted by atomic mass is 15.2. The first-order valence-corrected chi connectivity index (χ1v) is 7.24. The molecule has 0 spiro atoms. The van der Waals surface area contributed by atoms with E-state index in [1.807, 2.05) is 0 Å². The summed E-state index contributed by atoms with van der Waals surface area (Å²) in [4.78, 5) is 5.18. The van der Waals surface area contributed by atoms with E-state index in [0.29, 0.717) is 0 Å². The van der Waals surface area contributed by atoms with Crippen molar-refractivity contribution in [3.8, 4) is 0 Å². The summed E-state index contributed by atoms with van der Waals surface area (Å²) in [5.74, 6) is 0. The molecule has 3 rings (SSSR count). The van der Waals surface area contributed by atoms with Crippen LogP contribution in [0.5, 0.6) is 0 Å². The van der Waals surface area contributed by atoms with E-state index in [-0.39, 0.29) is 0 Å². The predicted octanol–water partition coefficient (Wildman–Crippen LogP) is 2.45. The summed E-state index contributed by atoms with van der Waals surface area (Å²) in [5, 5.41) is 0. The maximum Gasteiger partial charge on any atom is 0.0242 e. The number of nitrogens with zero attached hydrogens (tertiary/aromatic N) is 2. The van der Waals surface area contributed by atoms with Crippen molar-refractivity contribution >= 4 is 0 Å². The van der Waals surface area contributed by atoms with Crippen LogP contribution in [-0.4, -0.2) is 42.5 Å². The number of aryl methyl sites for hydroxylation is 1. The fourth-order valence-corrected chi connectivity index (χ4v) is 3.44. The maximum absolute atomic E-state index is 2.72. The Morgan fingerprint density at radius 2 is 1.89 bits per heavy atom.